The van der Waals surface area contributed by atoms with Crippen molar-refractivity contribution in [3.8, 4) is 11.5 Å². The van der Waals surface area contributed by atoms with E-state index in [1.165, 1.54) is 37.6 Å². The van der Waals surface area contributed by atoms with Crippen LogP contribution in [0.25, 0.3) is 0 Å². The van der Waals surface area contributed by atoms with Gasteiger partial charge in [0.25, 0.3) is 0 Å². The van der Waals surface area contributed by atoms with Gasteiger partial charge in [0.2, 0.25) is 11.8 Å². The topological polar surface area (TPSA) is 89.0 Å². The van der Waals surface area contributed by atoms with Crippen LogP contribution < -0.4 is 20.2 Å². The Bertz CT molecular complexity index is 933. The molecule has 2 amide bonds. The zero-order valence-corrected chi connectivity index (χ0v) is 18.4. The van der Waals surface area contributed by atoms with Gasteiger partial charge in [0.15, 0.2) is 11.5 Å². The first-order valence-electron chi connectivity index (χ1n) is 8.91. The standard InChI is InChI=1S/C21H21FIN3O4/c1-3-10-30-21-17(23)11-14(12-18(21)29-2)13-24-26-20(28)9-8-19(27)25-16-6-4-15(22)5-7-16/h3-7,11-13H,1,8-10H2,2H3,(H,25,27)(H,26,28). The molecule has 2 rings (SSSR count). The number of amides is 2. The quantitative estimate of drug-likeness (QED) is 0.213. The van der Waals surface area contributed by atoms with Gasteiger partial charge in [-0.15, -0.1) is 0 Å². The van der Waals surface area contributed by atoms with Crippen LogP contribution in [0.2, 0.25) is 0 Å². The molecule has 7 nitrogen and oxygen atoms in total. The molecule has 0 aliphatic heterocycles. The highest BCUT2D eigenvalue weighted by atomic mass is 127. The molecule has 158 valence electrons. The zero-order valence-electron chi connectivity index (χ0n) is 16.3. The van der Waals surface area contributed by atoms with E-state index >= 15 is 0 Å². The number of nitrogens with one attached hydrogen (secondary N) is 2. The maximum atomic E-state index is 12.9. The number of anilines is 1. The Morgan fingerprint density at radius 3 is 2.57 bits per heavy atom. The number of carbonyl (C=O) groups is 2. The molecule has 0 saturated heterocycles. The Balaban J connectivity index is 1.85. The second-order valence-corrected chi connectivity index (χ2v) is 7.14. The van der Waals surface area contributed by atoms with Crippen molar-refractivity contribution in [1.82, 2.24) is 5.43 Å². The summed E-state index contributed by atoms with van der Waals surface area (Å²) in [6.45, 7) is 3.97. The van der Waals surface area contributed by atoms with Crippen LogP contribution >= 0.6 is 22.6 Å². The van der Waals surface area contributed by atoms with Crippen LogP contribution in [0.15, 0.2) is 54.2 Å². The number of hydrogen-bond acceptors (Lipinski definition) is 5. The average molecular weight is 525 g/mol. The Morgan fingerprint density at radius 1 is 1.20 bits per heavy atom. The molecule has 0 radical (unpaired) electrons. The molecule has 2 aromatic carbocycles. The van der Waals surface area contributed by atoms with E-state index in [4.69, 9.17) is 9.47 Å². The molecule has 9 heteroatoms. The first kappa shape index (κ1) is 23.3. The normalized spacial score (nSPS) is 10.5. The van der Waals surface area contributed by atoms with E-state index in [1.807, 2.05) is 6.07 Å². The fourth-order valence-electron chi connectivity index (χ4n) is 2.32. The van der Waals surface area contributed by atoms with Crippen molar-refractivity contribution >= 4 is 46.3 Å². The van der Waals surface area contributed by atoms with Gasteiger partial charge in [0.1, 0.15) is 12.4 Å². The van der Waals surface area contributed by atoms with Gasteiger partial charge in [-0.2, -0.15) is 5.10 Å². The van der Waals surface area contributed by atoms with Crippen LogP contribution in [-0.4, -0.2) is 31.7 Å². The highest BCUT2D eigenvalue weighted by Gasteiger charge is 2.11. The lowest BCUT2D eigenvalue weighted by Crippen LogP contribution is -2.20. The number of nitrogens with zero attached hydrogens (tertiary/aromatic N) is 1. The molecule has 0 aliphatic carbocycles. The Morgan fingerprint density at radius 2 is 1.90 bits per heavy atom. The van der Waals surface area contributed by atoms with Crippen molar-refractivity contribution in [3.05, 3.63) is 64.0 Å². The van der Waals surface area contributed by atoms with E-state index < -0.39 is 11.7 Å². The van der Waals surface area contributed by atoms with Gasteiger partial charge in [-0.1, -0.05) is 12.7 Å². The third-order valence-electron chi connectivity index (χ3n) is 3.71. The number of methoxy groups -OCH3 is 1. The van der Waals surface area contributed by atoms with Gasteiger partial charge in [-0.3, -0.25) is 9.59 Å². The summed E-state index contributed by atoms with van der Waals surface area (Å²) in [6.07, 6.45) is 3.04. The minimum Gasteiger partial charge on any atom is -0.493 e. The Hall–Kier alpha value is -2.95. The van der Waals surface area contributed by atoms with Gasteiger partial charge in [-0.05, 0) is 64.6 Å². The van der Waals surface area contributed by atoms with Crippen molar-refractivity contribution < 1.29 is 23.5 Å². The summed E-state index contributed by atoms with van der Waals surface area (Å²) in [4.78, 5) is 23.7. The van der Waals surface area contributed by atoms with Gasteiger partial charge < -0.3 is 14.8 Å². The number of halogens is 2. The van der Waals surface area contributed by atoms with Gasteiger partial charge in [-0.25, -0.2) is 9.82 Å². The summed E-state index contributed by atoms with van der Waals surface area (Å²) in [6, 6.07) is 8.93. The first-order chi connectivity index (χ1) is 14.4. The fraction of sp³-hybridized carbons (Fsp3) is 0.190. The summed E-state index contributed by atoms with van der Waals surface area (Å²) < 4.78 is 24.6. The summed E-state index contributed by atoms with van der Waals surface area (Å²) in [7, 11) is 1.53. The van der Waals surface area contributed by atoms with Crippen molar-refractivity contribution in [2.24, 2.45) is 5.10 Å². The summed E-state index contributed by atoms with van der Waals surface area (Å²) >= 11 is 2.12. The molecule has 2 aromatic rings. The molecular formula is C21H21FIN3O4. The van der Waals surface area contributed by atoms with Crippen LogP contribution in [-0.2, 0) is 9.59 Å². The third kappa shape index (κ3) is 7.47. The SMILES string of the molecule is C=CCOc1c(I)cc(C=NNC(=O)CCC(=O)Nc2ccc(F)cc2)cc1OC. The Kier molecular flexibility index (Phi) is 9.26. The van der Waals surface area contributed by atoms with Crippen molar-refractivity contribution in [2.45, 2.75) is 12.8 Å². The highest BCUT2D eigenvalue weighted by molar-refractivity contribution is 14.1. The average Bonchev–Trinajstić information content (AvgIpc) is 2.73. The summed E-state index contributed by atoms with van der Waals surface area (Å²) in [5.41, 5.74) is 3.54. The molecule has 0 aromatic heterocycles. The van der Waals surface area contributed by atoms with E-state index in [9.17, 15) is 14.0 Å². The number of hydrogen-bond donors (Lipinski definition) is 2. The molecular weight excluding hydrogens is 504 g/mol. The second kappa shape index (κ2) is 11.9. The van der Waals surface area contributed by atoms with E-state index in [0.29, 0.717) is 29.4 Å². The van der Waals surface area contributed by atoms with E-state index in [-0.39, 0.29) is 18.7 Å². The molecule has 0 saturated carbocycles. The lowest BCUT2D eigenvalue weighted by atomic mass is 10.2. The van der Waals surface area contributed by atoms with Crippen molar-refractivity contribution in [2.75, 3.05) is 19.0 Å². The van der Waals surface area contributed by atoms with E-state index in [0.717, 1.165) is 3.57 Å². The molecule has 0 bridgehead atoms. The van der Waals surface area contributed by atoms with Crippen LogP contribution in [0, 0.1) is 9.39 Å². The van der Waals surface area contributed by atoms with Crippen molar-refractivity contribution in [3.63, 3.8) is 0 Å². The largest absolute Gasteiger partial charge is 0.493 e. The predicted octanol–water partition coefficient (Wildman–Crippen LogP) is 3.87. The van der Waals surface area contributed by atoms with E-state index in [2.05, 4.69) is 45.0 Å². The molecule has 0 spiro atoms. The van der Waals surface area contributed by atoms with Gasteiger partial charge >= 0.3 is 0 Å². The molecule has 2 N–H and O–H groups in total. The number of benzene rings is 2. The molecule has 30 heavy (non-hydrogen) atoms. The number of rotatable bonds is 10. The summed E-state index contributed by atoms with van der Waals surface area (Å²) in [5.74, 6) is -0.0138. The number of carbonyl (C=O) groups excluding carboxylic acids is 2. The maximum absolute atomic E-state index is 12.9. The van der Waals surface area contributed by atoms with E-state index in [1.54, 1.807) is 12.1 Å². The predicted molar refractivity (Wildman–Crippen MR) is 121 cm³/mol. The van der Waals surface area contributed by atoms with Crippen molar-refractivity contribution in [1.29, 1.82) is 0 Å². The first-order valence-corrected chi connectivity index (χ1v) is 9.99. The minimum absolute atomic E-state index is 0.0280. The smallest absolute Gasteiger partial charge is 0.240 e. The number of ether oxygens (including phenoxy) is 2. The minimum atomic E-state index is -0.409. The summed E-state index contributed by atoms with van der Waals surface area (Å²) in [5, 5.41) is 6.50. The zero-order chi connectivity index (χ0) is 21.9. The highest BCUT2D eigenvalue weighted by Crippen LogP contribution is 2.33. The van der Waals surface area contributed by atoms with Gasteiger partial charge in [0.05, 0.1) is 16.9 Å². The second-order valence-electron chi connectivity index (χ2n) is 5.98. The molecule has 0 aliphatic rings. The molecule has 0 unspecified atom stereocenters. The maximum Gasteiger partial charge on any atom is 0.240 e. The Labute approximate surface area is 187 Å². The molecule has 0 atom stereocenters. The lowest BCUT2D eigenvalue weighted by molar-refractivity contribution is -0.124. The monoisotopic (exact) mass is 525 g/mol. The third-order valence-corrected chi connectivity index (χ3v) is 4.51. The van der Waals surface area contributed by atoms with Crippen LogP contribution in [0.1, 0.15) is 18.4 Å². The van der Waals surface area contributed by atoms with Crippen LogP contribution in [0.5, 0.6) is 11.5 Å². The molecule has 0 heterocycles. The van der Waals surface area contributed by atoms with Gasteiger partial charge in [0, 0.05) is 18.5 Å². The lowest BCUT2D eigenvalue weighted by Gasteiger charge is -2.12. The van der Waals surface area contributed by atoms with Crippen LogP contribution in [0.3, 0.4) is 0 Å². The number of hydrazone groups is 1. The molecule has 0 fully saturated rings. The van der Waals surface area contributed by atoms with Crippen LogP contribution in [0.4, 0.5) is 10.1 Å². The fourth-order valence-corrected chi connectivity index (χ4v) is 3.10.